The standard InChI is InChI=1S/C15H24N4O2S/c1-2-21-15(20)17-12-6-7-13(18-14(12)16)22-11-10-19-8-4-3-5-9-19/h6-7H,2-5,8-11H2,1H3,(H2,16,18)(H,17,20). The maximum Gasteiger partial charge on any atom is 0.411 e. The zero-order chi connectivity index (χ0) is 15.8. The highest BCUT2D eigenvalue weighted by atomic mass is 32.2. The van der Waals surface area contributed by atoms with Crippen LogP contribution >= 0.6 is 11.8 Å². The van der Waals surface area contributed by atoms with E-state index >= 15 is 0 Å². The SMILES string of the molecule is CCOC(=O)Nc1ccc(SCCN2CCCCC2)nc1N. The van der Waals surface area contributed by atoms with Crippen LogP contribution in [0, 0.1) is 0 Å². The molecule has 0 bridgehead atoms. The molecule has 1 aliphatic heterocycles. The van der Waals surface area contributed by atoms with Gasteiger partial charge >= 0.3 is 6.09 Å². The Labute approximate surface area is 135 Å². The number of pyridine rings is 1. The Morgan fingerprint density at radius 2 is 2.18 bits per heavy atom. The number of hydrogen-bond donors (Lipinski definition) is 2. The minimum Gasteiger partial charge on any atom is -0.450 e. The van der Waals surface area contributed by atoms with Crippen LogP contribution < -0.4 is 11.1 Å². The molecule has 0 saturated carbocycles. The maximum absolute atomic E-state index is 11.4. The lowest BCUT2D eigenvalue weighted by molar-refractivity contribution is 0.168. The van der Waals surface area contributed by atoms with Crippen molar-refractivity contribution in [3.05, 3.63) is 12.1 Å². The maximum atomic E-state index is 11.4. The molecule has 0 unspecified atom stereocenters. The Bertz CT molecular complexity index is 492. The summed E-state index contributed by atoms with van der Waals surface area (Å²) >= 11 is 1.69. The summed E-state index contributed by atoms with van der Waals surface area (Å²) in [5.74, 6) is 1.31. The molecule has 22 heavy (non-hydrogen) atoms. The lowest BCUT2D eigenvalue weighted by Gasteiger charge is -2.25. The number of carbonyl (C=O) groups excluding carboxylic acids is 1. The first kappa shape index (κ1) is 16.9. The Kier molecular flexibility index (Phi) is 6.79. The third kappa shape index (κ3) is 5.38. The van der Waals surface area contributed by atoms with E-state index in [1.807, 2.05) is 6.07 Å². The number of anilines is 2. The van der Waals surface area contributed by atoms with E-state index in [4.69, 9.17) is 10.5 Å². The van der Waals surface area contributed by atoms with Crippen molar-refractivity contribution >= 4 is 29.4 Å². The van der Waals surface area contributed by atoms with Gasteiger partial charge in [-0.1, -0.05) is 6.42 Å². The highest BCUT2D eigenvalue weighted by Gasteiger charge is 2.11. The van der Waals surface area contributed by atoms with Crippen LogP contribution in [0.3, 0.4) is 0 Å². The summed E-state index contributed by atoms with van der Waals surface area (Å²) in [6.45, 7) is 5.57. The Balaban J connectivity index is 1.79. The molecular weight excluding hydrogens is 300 g/mol. The van der Waals surface area contributed by atoms with Crippen LogP contribution in [-0.2, 0) is 4.74 Å². The second-order valence-corrected chi connectivity index (χ2v) is 6.29. The summed E-state index contributed by atoms with van der Waals surface area (Å²) < 4.78 is 4.82. The molecule has 1 fully saturated rings. The second kappa shape index (κ2) is 8.85. The molecule has 7 heteroatoms. The molecular formula is C15H24N4O2S. The number of nitrogens with one attached hydrogen (secondary N) is 1. The van der Waals surface area contributed by atoms with Crippen molar-refractivity contribution in [2.75, 3.05) is 43.0 Å². The van der Waals surface area contributed by atoms with Gasteiger partial charge in [0.05, 0.1) is 17.3 Å². The molecule has 0 radical (unpaired) electrons. The van der Waals surface area contributed by atoms with Crippen LogP contribution in [0.2, 0.25) is 0 Å². The van der Waals surface area contributed by atoms with Crippen molar-refractivity contribution in [3.8, 4) is 0 Å². The van der Waals surface area contributed by atoms with Crippen LogP contribution in [0.5, 0.6) is 0 Å². The smallest absolute Gasteiger partial charge is 0.411 e. The summed E-state index contributed by atoms with van der Waals surface area (Å²) in [5.41, 5.74) is 6.36. The van der Waals surface area contributed by atoms with Crippen LogP contribution in [0.1, 0.15) is 26.2 Å². The van der Waals surface area contributed by atoms with Crippen molar-refractivity contribution < 1.29 is 9.53 Å². The van der Waals surface area contributed by atoms with Gasteiger partial charge in [0, 0.05) is 12.3 Å². The van der Waals surface area contributed by atoms with Gasteiger partial charge in [-0.2, -0.15) is 0 Å². The molecule has 1 saturated heterocycles. The molecule has 6 nitrogen and oxygen atoms in total. The number of ether oxygens (including phenoxy) is 1. The number of nitrogens with zero attached hydrogens (tertiary/aromatic N) is 2. The number of rotatable bonds is 6. The van der Waals surface area contributed by atoms with Crippen LogP contribution in [0.15, 0.2) is 17.2 Å². The quantitative estimate of drug-likeness (QED) is 0.783. The highest BCUT2D eigenvalue weighted by molar-refractivity contribution is 7.99. The fourth-order valence-corrected chi connectivity index (χ4v) is 3.27. The lowest BCUT2D eigenvalue weighted by atomic mass is 10.1. The van der Waals surface area contributed by atoms with Crippen LogP contribution in [0.25, 0.3) is 0 Å². The molecule has 2 heterocycles. The fraction of sp³-hybridized carbons (Fsp3) is 0.600. The molecule has 0 spiro atoms. The highest BCUT2D eigenvalue weighted by Crippen LogP contribution is 2.23. The molecule has 1 aliphatic rings. The minimum atomic E-state index is -0.512. The first-order valence-electron chi connectivity index (χ1n) is 7.74. The number of nitrogen functional groups attached to an aromatic ring is 1. The van der Waals surface area contributed by atoms with E-state index in [9.17, 15) is 4.79 Å². The number of nitrogens with two attached hydrogens (primary N) is 1. The van der Waals surface area contributed by atoms with Crippen LogP contribution in [-0.4, -0.2) is 48.0 Å². The Hall–Kier alpha value is -1.47. The van der Waals surface area contributed by atoms with Gasteiger partial charge in [-0.15, -0.1) is 11.8 Å². The third-order valence-electron chi connectivity index (χ3n) is 3.52. The van der Waals surface area contributed by atoms with E-state index in [0.717, 1.165) is 17.3 Å². The number of carbonyl (C=O) groups is 1. The zero-order valence-corrected chi connectivity index (χ0v) is 13.8. The van der Waals surface area contributed by atoms with E-state index in [-0.39, 0.29) is 0 Å². The number of piperidine rings is 1. The first-order chi connectivity index (χ1) is 10.7. The number of aromatic nitrogens is 1. The molecule has 3 N–H and O–H groups in total. The van der Waals surface area contributed by atoms with Gasteiger partial charge in [0.25, 0.3) is 0 Å². The second-order valence-electron chi connectivity index (χ2n) is 5.18. The molecule has 1 aromatic heterocycles. The van der Waals surface area contributed by atoms with E-state index < -0.39 is 6.09 Å². The average molecular weight is 324 g/mol. The first-order valence-corrected chi connectivity index (χ1v) is 8.73. The fourth-order valence-electron chi connectivity index (χ4n) is 2.38. The summed E-state index contributed by atoms with van der Waals surface area (Å²) in [6.07, 6.45) is 3.46. The van der Waals surface area contributed by atoms with Gasteiger partial charge in [-0.3, -0.25) is 5.32 Å². The predicted molar refractivity (Wildman–Crippen MR) is 90.3 cm³/mol. The number of hydrogen-bond acceptors (Lipinski definition) is 6. The molecule has 122 valence electrons. The average Bonchev–Trinajstić information content (AvgIpc) is 2.51. The normalized spacial score (nSPS) is 15.5. The van der Waals surface area contributed by atoms with Crippen molar-refractivity contribution in [3.63, 3.8) is 0 Å². The van der Waals surface area contributed by atoms with Gasteiger partial charge in [0.2, 0.25) is 0 Å². The van der Waals surface area contributed by atoms with E-state index in [2.05, 4.69) is 15.2 Å². The summed E-state index contributed by atoms with van der Waals surface area (Å²) in [4.78, 5) is 18.2. The van der Waals surface area contributed by atoms with Gasteiger partial charge in [0.1, 0.15) is 5.82 Å². The molecule has 0 aromatic carbocycles. The Morgan fingerprint density at radius 1 is 1.41 bits per heavy atom. The van der Waals surface area contributed by atoms with Crippen LogP contribution in [0.4, 0.5) is 16.3 Å². The van der Waals surface area contributed by atoms with Crippen molar-refractivity contribution in [1.82, 2.24) is 9.88 Å². The molecule has 0 aliphatic carbocycles. The van der Waals surface area contributed by atoms with Gasteiger partial charge in [0.15, 0.2) is 0 Å². The lowest BCUT2D eigenvalue weighted by Crippen LogP contribution is -2.31. The van der Waals surface area contributed by atoms with E-state index in [0.29, 0.717) is 18.1 Å². The summed E-state index contributed by atoms with van der Waals surface area (Å²) in [7, 11) is 0. The van der Waals surface area contributed by atoms with E-state index in [1.54, 1.807) is 24.8 Å². The van der Waals surface area contributed by atoms with Gasteiger partial charge in [-0.05, 0) is 45.0 Å². The molecule has 1 amide bonds. The van der Waals surface area contributed by atoms with Gasteiger partial charge in [-0.25, -0.2) is 9.78 Å². The minimum absolute atomic E-state index is 0.316. The van der Waals surface area contributed by atoms with Crippen molar-refractivity contribution in [1.29, 1.82) is 0 Å². The predicted octanol–water partition coefficient (Wildman–Crippen LogP) is 2.81. The van der Waals surface area contributed by atoms with E-state index in [1.165, 1.54) is 32.4 Å². The topological polar surface area (TPSA) is 80.5 Å². The summed E-state index contributed by atoms with van der Waals surface area (Å²) in [6, 6.07) is 3.64. The molecule has 2 rings (SSSR count). The molecule has 0 atom stereocenters. The third-order valence-corrected chi connectivity index (χ3v) is 4.43. The number of thioether (sulfide) groups is 1. The number of amides is 1. The molecule has 1 aromatic rings. The zero-order valence-electron chi connectivity index (χ0n) is 13.0. The summed E-state index contributed by atoms with van der Waals surface area (Å²) in [5, 5.41) is 3.46. The van der Waals surface area contributed by atoms with Crippen molar-refractivity contribution in [2.24, 2.45) is 0 Å². The van der Waals surface area contributed by atoms with Crippen molar-refractivity contribution in [2.45, 2.75) is 31.2 Å². The largest absolute Gasteiger partial charge is 0.450 e. The Morgan fingerprint density at radius 3 is 2.86 bits per heavy atom. The monoisotopic (exact) mass is 324 g/mol. The number of likely N-dealkylation sites (tertiary alicyclic amines) is 1. The van der Waals surface area contributed by atoms with Gasteiger partial charge < -0.3 is 15.4 Å².